The van der Waals surface area contributed by atoms with Gasteiger partial charge in [-0.1, -0.05) is 20.8 Å². The van der Waals surface area contributed by atoms with Crippen LogP contribution in [0.5, 0.6) is 0 Å². The Bertz CT molecular complexity index is 574. The van der Waals surface area contributed by atoms with Crippen LogP contribution in [0.3, 0.4) is 0 Å². The molecule has 3 rings (SSSR count). The zero-order chi connectivity index (χ0) is 18.2. The predicted molar refractivity (Wildman–Crippen MR) is 91.4 cm³/mol. The summed E-state index contributed by atoms with van der Waals surface area (Å²) in [6.07, 6.45) is 4.35. The molecule has 1 aromatic rings. The lowest BCUT2D eigenvalue weighted by atomic mass is 9.67. The molecule has 1 aliphatic heterocycles. The molecule has 5 heteroatoms. The van der Waals surface area contributed by atoms with Crippen molar-refractivity contribution in [3.8, 4) is 0 Å². The SMILES string of the molecule is CC(C)(C)C1CCC(C2CNC(c3cc(F)c(F)c(F)c3)OC2)CC1. The quantitative estimate of drug-likeness (QED) is 0.737. The van der Waals surface area contributed by atoms with Crippen molar-refractivity contribution < 1.29 is 17.9 Å². The zero-order valence-electron chi connectivity index (χ0n) is 15.2. The van der Waals surface area contributed by atoms with Crippen molar-refractivity contribution in [1.82, 2.24) is 5.32 Å². The van der Waals surface area contributed by atoms with Gasteiger partial charge in [-0.25, -0.2) is 13.2 Å². The Labute approximate surface area is 148 Å². The molecule has 2 aliphatic rings. The van der Waals surface area contributed by atoms with Gasteiger partial charge in [0.05, 0.1) is 6.61 Å². The molecule has 0 radical (unpaired) electrons. The van der Waals surface area contributed by atoms with E-state index in [2.05, 4.69) is 26.1 Å². The molecule has 1 aromatic carbocycles. The highest BCUT2D eigenvalue weighted by Crippen LogP contribution is 2.42. The van der Waals surface area contributed by atoms with Crippen LogP contribution in [-0.2, 0) is 4.74 Å². The van der Waals surface area contributed by atoms with Crippen LogP contribution in [0.2, 0.25) is 0 Å². The summed E-state index contributed by atoms with van der Waals surface area (Å²) >= 11 is 0. The lowest BCUT2D eigenvalue weighted by Crippen LogP contribution is -2.42. The van der Waals surface area contributed by atoms with Crippen molar-refractivity contribution in [1.29, 1.82) is 0 Å². The molecule has 2 nitrogen and oxygen atoms in total. The summed E-state index contributed by atoms with van der Waals surface area (Å²) in [6, 6.07) is 2.01. The Morgan fingerprint density at radius 1 is 0.960 bits per heavy atom. The van der Waals surface area contributed by atoms with E-state index in [1.807, 2.05) is 0 Å². The van der Waals surface area contributed by atoms with Gasteiger partial charge in [0, 0.05) is 12.1 Å². The van der Waals surface area contributed by atoms with Gasteiger partial charge in [0.1, 0.15) is 6.23 Å². The van der Waals surface area contributed by atoms with Crippen LogP contribution in [0.15, 0.2) is 12.1 Å². The van der Waals surface area contributed by atoms with Crippen LogP contribution < -0.4 is 5.32 Å². The van der Waals surface area contributed by atoms with Gasteiger partial charge in [0.15, 0.2) is 17.5 Å². The summed E-state index contributed by atoms with van der Waals surface area (Å²) in [4.78, 5) is 0. The van der Waals surface area contributed by atoms with E-state index in [4.69, 9.17) is 4.74 Å². The number of benzene rings is 1. The summed E-state index contributed by atoms with van der Waals surface area (Å²) in [5.74, 6) is -1.96. The first-order valence-corrected chi connectivity index (χ1v) is 9.25. The molecule has 1 heterocycles. The highest BCUT2D eigenvalue weighted by atomic mass is 19.2. The largest absolute Gasteiger partial charge is 0.359 e. The van der Waals surface area contributed by atoms with Gasteiger partial charge in [-0.2, -0.15) is 0 Å². The fraction of sp³-hybridized carbons (Fsp3) is 0.700. The summed E-state index contributed by atoms with van der Waals surface area (Å²) in [5.41, 5.74) is 0.667. The number of hydrogen-bond acceptors (Lipinski definition) is 2. The summed E-state index contributed by atoms with van der Waals surface area (Å²) < 4.78 is 45.7. The van der Waals surface area contributed by atoms with Crippen LogP contribution >= 0.6 is 0 Å². The number of nitrogens with one attached hydrogen (secondary N) is 1. The first-order valence-electron chi connectivity index (χ1n) is 9.25. The van der Waals surface area contributed by atoms with Gasteiger partial charge < -0.3 is 4.74 Å². The summed E-state index contributed by atoms with van der Waals surface area (Å²) in [5, 5.41) is 3.22. The van der Waals surface area contributed by atoms with Crippen molar-refractivity contribution in [2.45, 2.75) is 52.7 Å². The highest BCUT2D eigenvalue weighted by Gasteiger charge is 2.35. The molecule has 1 aliphatic carbocycles. The van der Waals surface area contributed by atoms with Gasteiger partial charge >= 0.3 is 0 Å². The normalized spacial score (nSPS) is 31.1. The maximum absolute atomic E-state index is 13.4. The van der Waals surface area contributed by atoms with Crippen LogP contribution in [-0.4, -0.2) is 13.2 Å². The van der Waals surface area contributed by atoms with Gasteiger partial charge in [-0.3, -0.25) is 5.32 Å². The minimum atomic E-state index is -1.44. The monoisotopic (exact) mass is 355 g/mol. The Kier molecular flexibility index (Phi) is 5.45. The number of rotatable bonds is 2. The smallest absolute Gasteiger partial charge is 0.194 e. The molecular formula is C20H28F3NO. The first-order chi connectivity index (χ1) is 11.8. The topological polar surface area (TPSA) is 21.3 Å². The van der Waals surface area contributed by atoms with Crippen molar-refractivity contribution in [3.05, 3.63) is 35.1 Å². The fourth-order valence-electron chi connectivity index (χ4n) is 4.30. The minimum Gasteiger partial charge on any atom is -0.359 e. The summed E-state index contributed by atoms with van der Waals surface area (Å²) in [6.45, 7) is 8.28. The van der Waals surface area contributed by atoms with E-state index in [0.29, 0.717) is 29.4 Å². The van der Waals surface area contributed by atoms with E-state index in [1.54, 1.807) is 0 Å². The molecule has 0 amide bonds. The minimum absolute atomic E-state index is 0.297. The third-order valence-corrected chi connectivity index (χ3v) is 6.01. The highest BCUT2D eigenvalue weighted by molar-refractivity contribution is 5.21. The third-order valence-electron chi connectivity index (χ3n) is 6.01. The molecule has 2 fully saturated rings. The van der Waals surface area contributed by atoms with E-state index in [0.717, 1.165) is 24.6 Å². The van der Waals surface area contributed by atoms with E-state index < -0.39 is 23.7 Å². The lowest BCUT2D eigenvalue weighted by molar-refractivity contribution is -0.0525. The fourth-order valence-corrected chi connectivity index (χ4v) is 4.30. The summed E-state index contributed by atoms with van der Waals surface area (Å²) in [7, 11) is 0. The van der Waals surface area contributed by atoms with E-state index >= 15 is 0 Å². The molecule has 0 spiro atoms. The molecule has 1 saturated heterocycles. The number of hydrogen-bond donors (Lipinski definition) is 1. The average molecular weight is 355 g/mol. The van der Waals surface area contributed by atoms with Gasteiger partial charge in [0.2, 0.25) is 0 Å². The second kappa shape index (κ2) is 7.28. The van der Waals surface area contributed by atoms with Crippen molar-refractivity contribution >= 4 is 0 Å². The molecule has 2 atom stereocenters. The van der Waals surface area contributed by atoms with E-state index in [1.165, 1.54) is 25.7 Å². The molecule has 140 valence electrons. The second-order valence-electron chi connectivity index (χ2n) is 8.66. The van der Waals surface area contributed by atoms with Gasteiger partial charge in [-0.15, -0.1) is 0 Å². The molecule has 1 N–H and O–H groups in total. The maximum Gasteiger partial charge on any atom is 0.194 e. The van der Waals surface area contributed by atoms with Gasteiger partial charge in [-0.05, 0) is 61.0 Å². The zero-order valence-corrected chi connectivity index (χ0v) is 15.2. The molecule has 0 aromatic heterocycles. The van der Waals surface area contributed by atoms with Crippen LogP contribution in [0.4, 0.5) is 13.2 Å². The van der Waals surface area contributed by atoms with Crippen molar-refractivity contribution in [3.63, 3.8) is 0 Å². The Morgan fingerprint density at radius 2 is 1.56 bits per heavy atom. The molecular weight excluding hydrogens is 327 g/mol. The van der Waals surface area contributed by atoms with Crippen LogP contribution in [0, 0.1) is 40.6 Å². The number of halogens is 3. The molecule has 1 saturated carbocycles. The third kappa shape index (κ3) is 4.20. The second-order valence-corrected chi connectivity index (χ2v) is 8.66. The standard InChI is InChI=1S/C20H28F3NO/c1-20(2,3)15-6-4-12(5-7-15)14-10-24-19(25-11-14)13-8-16(21)18(23)17(22)9-13/h8-9,12,14-15,19,24H,4-7,10-11H2,1-3H3. The lowest BCUT2D eigenvalue weighted by Gasteiger charge is -2.41. The Hall–Kier alpha value is -1.07. The Balaban J connectivity index is 1.54. The molecule has 0 bridgehead atoms. The van der Waals surface area contributed by atoms with Crippen LogP contribution in [0.25, 0.3) is 0 Å². The van der Waals surface area contributed by atoms with E-state index in [9.17, 15) is 13.2 Å². The first kappa shape index (κ1) is 18.7. The maximum atomic E-state index is 13.4. The molecule has 2 unspecified atom stereocenters. The average Bonchev–Trinajstić information content (AvgIpc) is 2.59. The predicted octanol–water partition coefficient (Wildman–Crippen LogP) is 5.19. The van der Waals surface area contributed by atoms with Crippen molar-refractivity contribution in [2.24, 2.45) is 23.2 Å². The van der Waals surface area contributed by atoms with E-state index in [-0.39, 0.29) is 0 Å². The molecule has 25 heavy (non-hydrogen) atoms. The number of ether oxygens (including phenoxy) is 1. The Morgan fingerprint density at radius 3 is 2.04 bits per heavy atom. The van der Waals surface area contributed by atoms with Crippen molar-refractivity contribution in [2.75, 3.05) is 13.2 Å². The van der Waals surface area contributed by atoms with Gasteiger partial charge in [0.25, 0.3) is 0 Å². The van der Waals surface area contributed by atoms with Crippen LogP contribution in [0.1, 0.15) is 58.2 Å².